The van der Waals surface area contributed by atoms with Crippen molar-refractivity contribution in [3.05, 3.63) is 35.0 Å². The lowest BCUT2D eigenvalue weighted by Gasteiger charge is -2.11. The summed E-state index contributed by atoms with van der Waals surface area (Å²) >= 11 is 0. The summed E-state index contributed by atoms with van der Waals surface area (Å²) in [6, 6.07) is 5.31. The highest BCUT2D eigenvalue weighted by molar-refractivity contribution is 5.97. The predicted molar refractivity (Wildman–Crippen MR) is 95.3 cm³/mol. The van der Waals surface area contributed by atoms with Crippen LogP contribution in [0.1, 0.15) is 21.6 Å². The average Bonchev–Trinajstić information content (AvgIpc) is 2.96. The number of aromatic nitrogens is 1. The maximum absolute atomic E-state index is 12.0. The molecule has 0 saturated carbocycles. The summed E-state index contributed by atoms with van der Waals surface area (Å²) in [7, 11) is 1.49. The van der Waals surface area contributed by atoms with E-state index >= 15 is 0 Å². The van der Waals surface area contributed by atoms with Crippen molar-refractivity contribution in [2.24, 2.45) is 0 Å². The summed E-state index contributed by atoms with van der Waals surface area (Å²) < 4.78 is 14.6. The number of nitrogens with one attached hydrogen (secondary N) is 2. The van der Waals surface area contributed by atoms with Crippen LogP contribution in [0.2, 0.25) is 0 Å². The minimum Gasteiger partial charge on any atom is -0.495 e. The Morgan fingerprint density at radius 1 is 1.22 bits per heavy atom. The van der Waals surface area contributed by atoms with Gasteiger partial charge in [-0.2, -0.15) is 0 Å². The fourth-order valence-corrected chi connectivity index (χ4v) is 2.18. The van der Waals surface area contributed by atoms with Gasteiger partial charge in [-0.3, -0.25) is 9.59 Å². The molecule has 0 spiro atoms. The zero-order valence-electron chi connectivity index (χ0n) is 15.1. The Kier molecular flexibility index (Phi) is 6.36. The van der Waals surface area contributed by atoms with Crippen LogP contribution in [0.25, 0.3) is 0 Å². The summed E-state index contributed by atoms with van der Waals surface area (Å²) in [6.07, 6.45) is 0. The fourth-order valence-electron chi connectivity index (χ4n) is 2.18. The number of rotatable bonds is 7. The third kappa shape index (κ3) is 5.21. The van der Waals surface area contributed by atoms with Gasteiger partial charge in [0.25, 0.3) is 5.91 Å². The monoisotopic (exact) mass is 376 g/mol. The number of carbonyl (C=O) groups is 3. The van der Waals surface area contributed by atoms with Crippen LogP contribution in [0.5, 0.6) is 5.75 Å². The Bertz CT molecular complexity index is 842. The molecule has 2 aromatic rings. The molecule has 1 aromatic carbocycles. The predicted octanol–water partition coefficient (Wildman–Crippen LogP) is 0.794. The van der Waals surface area contributed by atoms with Gasteiger partial charge in [-0.1, -0.05) is 11.2 Å². The van der Waals surface area contributed by atoms with Crippen molar-refractivity contribution in [1.82, 2.24) is 10.5 Å². The average molecular weight is 376 g/mol. The van der Waals surface area contributed by atoms with Gasteiger partial charge < -0.3 is 30.4 Å². The number of nitrogens with two attached hydrogens (primary N) is 1. The molecule has 2 rings (SSSR count). The number of benzene rings is 1. The van der Waals surface area contributed by atoms with Crippen LogP contribution < -0.4 is 21.1 Å². The molecule has 27 heavy (non-hydrogen) atoms. The van der Waals surface area contributed by atoms with Gasteiger partial charge in [0.1, 0.15) is 11.3 Å². The van der Waals surface area contributed by atoms with Gasteiger partial charge in [-0.15, -0.1) is 0 Å². The number of amides is 2. The SMILES string of the molecule is COc1ccc(C)cc1NC(=O)CNC(=O)COC(=O)c1c(C)noc1N. The molecule has 144 valence electrons. The molecule has 0 atom stereocenters. The number of hydrogen-bond donors (Lipinski definition) is 3. The summed E-state index contributed by atoms with van der Waals surface area (Å²) in [5.74, 6) is -1.64. The molecular weight excluding hydrogens is 356 g/mol. The Hall–Kier alpha value is -3.56. The molecule has 2 amide bonds. The Labute approximate surface area is 155 Å². The van der Waals surface area contributed by atoms with Crippen molar-refractivity contribution in [3.8, 4) is 5.75 Å². The van der Waals surface area contributed by atoms with Gasteiger partial charge in [0.2, 0.25) is 11.8 Å². The Morgan fingerprint density at radius 3 is 2.59 bits per heavy atom. The number of methoxy groups -OCH3 is 1. The van der Waals surface area contributed by atoms with E-state index in [9.17, 15) is 14.4 Å². The van der Waals surface area contributed by atoms with Crippen LogP contribution in [0.4, 0.5) is 11.6 Å². The number of hydrogen-bond acceptors (Lipinski definition) is 8. The van der Waals surface area contributed by atoms with Crippen molar-refractivity contribution in [2.45, 2.75) is 13.8 Å². The molecule has 10 nitrogen and oxygen atoms in total. The highest BCUT2D eigenvalue weighted by atomic mass is 16.5. The van der Waals surface area contributed by atoms with Crippen LogP contribution in [0.15, 0.2) is 22.7 Å². The standard InChI is InChI=1S/C17H20N4O6/c1-9-4-5-12(25-3)11(6-9)20-13(22)7-19-14(23)8-26-17(24)15-10(2)21-27-16(15)18/h4-6H,7-8,18H2,1-3H3,(H,19,23)(H,20,22). The molecule has 0 aliphatic heterocycles. The second kappa shape index (κ2) is 8.70. The van der Waals surface area contributed by atoms with Gasteiger partial charge in [0, 0.05) is 0 Å². The minimum absolute atomic E-state index is 0.0351. The second-order valence-corrected chi connectivity index (χ2v) is 5.61. The normalized spacial score (nSPS) is 10.2. The van der Waals surface area contributed by atoms with Gasteiger partial charge in [-0.25, -0.2) is 4.79 Å². The van der Waals surface area contributed by atoms with Crippen molar-refractivity contribution >= 4 is 29.4 Å². The smallest absolute Gasteiger partial charge is 0.346 e. The van der Waals surface area contributed by atoms with E-state index in [1.165, 1.54) is 14.0 Å². The number of anilines is 2. The highest BCUT2D eigenvalue weighted by Crippen LogP contribution is 2.24. The lowest BCUT2D eigenvalue weighted by Crippen LogP contribution is -2.35. The number of ether oxygens (including phenoxy) is 2. The van der Waals surface area contributed by atoms with E-state index < -0.39 is 24.4 Å². The maximum Gasteiger partial charge on any atom is 0.346 e. The first-order chi connectivity index (χ1) is 12.8. The zero-order chi connectivity index (χ0) is 20.0. The van der Waals surface area contributed by atoms with E-state index in [1.807, 2.05) is 13.0 Å². The second-order valence-electron chi connectivity index (χ2n) is 5.61. The summed E-state index contributed by atoms with van der Waals surface area (Å²) in [5.41, 5.74) is 7.10. The largest absolute Gasteiger partial charge is 0.495 e. The summed E-state index contributed by atoms with van der Waals surface area (Å²) in [5, 5.41) is 8.50. The molecule has 0 bridgehead atoms. The first-order valence-corrected chi connectivity index (χ1v) is 7.92. The summed E-state index contributed by atoms with van der Waals surface area (Å²) in [4.78, 5) is 35.6. The number of aryl methyl sites for hydroxylation is 2. The molecule has 1 heterocycles. The third-order valence-corrected chi connectivity index (χ3v) is 3.50. The van der Waals surface area contributed by atoms with Gasteiger partial charge in [-0.05, 0) is 31.5 Å². The van der Waals surface area contributed by atoms with Crippen molar-refractivity contribution in [2.75, 3.05) is 31.3 Å². The number of carbonyl (C=O) groups excluding carboxylic acids is 3. The summed E-state index contributed by atoms with van der Waals surface area (Å²) in [6.45, 7) is 2.50. The molecule has 10 heteroatoms. The van der Waals surface area contributed by atoms with E-state index in [-0.39, 0.29) is 23.7 Å². The number of nitrogen functional groups attached to an aromatic ring is 1. The van der Waals surface area contributed by atoms with Crippen LogP contribution >= 0.6 is 0 Å². The highest BCUT2D eigenvalue weighted by Gasteiger charge is 2.21. The Morgan fingerprint density at radius 2 is 1.96 bits per heavy atom. The van der Waals surface area contributed by atoms with Crippen molar-refractivity contribution < 1.29 is 28.4 Å². The molecule has 4 N–H and O–H groups in total. The van der Waals surface area contributed by atoms with Gasteiger partial charge in [0.15, 0.2) is 6.61 Å². The van der Waals surface area contributed by atoms with E-state index in [2.05, 4.69) is 20.3 Å². The molecular formula is C17H20N4O6. The van der Waals surface area contributed by atoms with Crippen LogP contribution in [-0.2, 0) is 14.3 Å². The van der Waals surface area contributed by atoms with E-state index in [1.54, 1.807) is 12.1 Å². The molecule has 0 radical (unpaired) electrons. The lowest BCUT2D eigenvalue weighted by molar-refractivity contribution is -0.126. The number of esters is 1. The maximum atomic E-state index is 12.0. The minimum atomic E-state index is -0.838. The third-order valence-electron chi connectivity index (χ3n) is 3.50. The van der Waals surface area contributed by atoms with Crippen LogP contribution in [0.3, 0.4) is 0 Å². The first-order valence-electron chi connectivity index (χ1n) is 7.92. The van der Waals surface area contributed by atoms with Gasteiger partial charge >= 0.3 is 5.97 Å². The molecule has 0 fully saturated rings. The van der Waals surface area contributed by atoms with Crippen LogP contribution in [-0.4, -0.2) is 43.2 Å². The molecule has 0 aliphatic carbocycles. The molecule has 0 aliphatic rings. The van der Waals surface area contributed by atoms with E-state index in [0.29, 0.717) is 11.4 Å². The van der Waals surface area contributed by atoms with Crippen molar-refractivity contribution in [3.63, 3.8) is 0 Å². The first kappa shape index (κ1) is 19.8. The molecule has 0 saturated heterocycles. The molecule has 1 aromatic heterocycles. The quantitative estimate of drug-likeness (QED) is 0.601. The van der Waals surface area contributed by atoms with Crippen molar-refractivity contribution in [1.29, 1.82) is 0 Å². The topological polar surface area (TPSA) is 146 Å². The van der Waals surface area contributed by atoms with Gasteiger partial charge in [0.05, 0.1) is 25.0 Å². The molecule has 0 unspecified atom stereocenters. The Balaban J connectivity index is 1.81. The number of nitrogens with zero attached hydrogens (tertiary/aromatic N) is 1. The lowest BCUT2D eigenvalue weighted by atomic mass is 10.2. The van der Waals surface area contributed by atoms with Crippen LogP contribution in [0, 0.1) is 13.8 Å². The fraction of sp³-hybridized carbons (Fsp3) is 0.294. The zero-order valence-corrected chi connectivity index (χ0v) is 15.1. The van der Waals surface area contributed by atoms with E-state index in [4.69, 9.17) is 15.2 Å². The van der Waals surface area contributed by atoms with E-state index in [0.717, 1.165) is 5.56 Å².